The second-order valence-electron chi connectivity index (χ2n) is 10.3. The number of benzene rings is 1. The first-order chi connectivity index (χ1) is 12.3. The molecule has 150 valence electrons. The Morgan fingerprint density at radius 1 is 1.07 bits per heavy atom. The summed E-state index contributed by atoms with van der Waals surface area (Å²) in [5, 5.41) is 0. The minimum absolute atomic E-state index is 0.0587. The van der Waals surface area contributed by atoms with Gasteiger partial charge in [-0.2, -0.15) is 0 Å². The summed E-state index contributed by atoms with van der Waals surface area (Å²) in [6, 6.07) is 6.36. The highest BCUT2D eigenvalue weighted by molar-refractivity contribution is 6.62. The molecule has 0 radical (unpaired) electrons. The summed E-state index contributed by atoms with van der Waals surface area (Å²) in [5.74, 6) is 1.25. The van der Waals surface area contributed by atoms with E-state index in [2.05, 4.69) is 79.8 Å². The van der Waals surface area contributed by atoms with Crippen molar-refractivity contribution in [1.29, 1.82) is 0 Å². The highest BCUT2D eigenvalue weighted by Crippen LogP contribution is 2.48. The van der Waals surface area contributed by atoms with E-state index >= 15 is 0 Å². The van der Waals surface area contributed by atoms with Gasteiger partial charge in [0.25, 0.3) is 0 Å². The summed E-state index contributed by atoms with van der Waals surface area (Å²) < 4.78 is 24.9. The Labute approximate surface area is 166 Å². The van der Waals surface area contributed by atoms with Gasteiger partial charge in [0, 0.05) is 11.5 Å². The first-order valence-corrected chi connectivity index (χ1v) is 12.9. The number of rotatable bonds is 4. The Hall–Kier alpha value is -0.818. The van der Waals surface area contributed by atoms with Gasteiger partial charge in [-0.15, -0.1) is 0 Å². The summed E-state index contributed by atoms with van der Waals surface area (Å²) in [6.07, 6.45) is 0.0587. The zero-order chi connectivity index (χ0) is 20.2. The van der Waals surface area contributed by atoms with Crippen molar-refractivity contribution in [2.75, 3.05) is 6.61 Å². The Morgan fingerprint density at radius 3 is 2.19 bits per heavy atom. The highest BCUT2D eigenvalue weighted by Gasteiger charge is 2.52. The molecule has 2 unspecified atom stereocenters. The fourth-order valence-corrected chi connectivity index (χ4v) is 4.49. The van der Waals surface area contributed by atoms with Crippen molar-refractivity contribution < 1.29 is 18.5 Å². The standard InChI is InChI=1S/C21H35BO4Si/c1-19(2,3)18-15-12-14(22-25-20(4,5)21(6,7)26-22)10-11-16(15)24-17(18)13-23-27(8)9/h10-12,17-18,27H,13H2,1-9H3. The molecule has 0 N–H and O–H groups in total. The third kappa shape index (κ3) is 4.00. The van der Waals surface area contributed by atoms with Crippen molar-refractivity contribution in [3.8, 4) is 5.75 Å². The van der Waals surface area contributed by atoms with Crippen LogP contribution >= 0.6 is 0 Å². The van der Waals surface area contributed by atoms with Crippen LogP contribution in [0.5, 0.6) is 5.75 Å². The topological polar surface area (TPSA) is 36.9 Å². The first kappa shape index (κ1) is 20.9. The predicted molar refractivity (Wildman–Crippen MR) is 114 cm³/mol. The van der Waals surface area contributed by atoms with Gasteiger partial charge in [-0.25, -0.2) is 0 Å². The van der Waals surface area contributed by atoms with E-state index < -0.39 is 9.04 Å². The van der Waals surface area contributed by atoms with Crippen LogP contribution in [0.15, 0.2) is 18.2 Å². The smallest absolute Gasteiger partial charge is 0.487 e. The Bertz CT molecular complexity index is 680. The Balaban J connectivity index is 1.90. The number of fused-ring (bicyclic) bond motifs is 1. The average Bonchev–Trinajstić information content (AvgIpc) is 2.98. The van der Waals surface area contributed by atoms with Gasteiger partial charge in [0.05, 0.1) is 17.8 Å². The maximum Gasteiger partial charge on any atom is 0.494 e. The molecule has 2 heterocycles. The van der Waals surface area contributed by atoms with Crippen LogP contribution in [0.2, 0.25) is 13.1 Å². The van der Waals surface area contributed by atoms with Crippen molar-refractivity contribution >= 4 is 21.6 Å². The van der Waals surface area contributed by atoms with E-state index in [-0.39, 0.29) is 35.8 Å². The van der Waals surface area contributed by atoms with Gasteiger partial charge in [-0.05, 0) is 57.7 Å². The monoisotopic (exact) mass is 390 g/mol. The van der Waals surface area contributed by atoms with Crippen molar-refractivity contribution in [1.82, 2.24) is 0 Å². The maximum atomic E-state index is 6.31. The summed E-state index contributed by atoms with van der Waals surface area (Å²) in [7, 11) is -1.43. The molecule has 1 aromatic rings. The van der Waals surface area contributed by atoms with Gasteiger partial charge in [-0.1, -0.05) is 32.9 Å². The van der Waals surface area contributed by atoms with E-state index in [1.165, 1.54) is 5.56 Å². The summed E-state index contributed by atoms with van der Waals surface area (Å²) in [4.78, 5) is 0. The quantitative estimate of drug-likeness (QED) is 0.732. The molecule has 6 heteroatoms. The van der Waals surface area contributed by atoms with Gasteiger partial charge >= 0.3 is 7.12 Å². The van der Waals surface area contributed by atoms with E-state index in [1.54, 1.807) is 0 Å². The second kappa shape index (κ2) is 6.90. The Kier molecular flexibility index (Phi) is 5.35. The molecule has 0 saturated carbocycles. The molecule has 3 rings (SSSR count). The molecule has 0 bridgehead atoms. The lowest BCUT2D eigenvalue weighted by molar-refractivity contribution is 0.00578. The highest BCUT2D eigenvalue weighted by atomic mass is 28.3. The molecule has 2 aliphatic heterocycles. The van der Waals surface area contributed by atoms with Gasteiger partial charge in [0.15, 0.2) is 9.04 Å². The fourth-order valence-electron chi connectivity index (χ4n) is 3.92. The largest absolute Gasteiger partial charge is 0.494 e. The van der Waals surface area contributed by atoms with Crippen LogP contribution in [-0.4, -0.2) is 40.1 Å². The molecular formula is C21H35BO4Si. The summed E-state index contributed by atoms with van der Waals surface area (Å²) in [5.41, 5.74) is 1.70. The molecule has 1 saturated heterocycles. The summed E-state index contributed by atoms with van der Waals surface area (Å²) >= 11 is 0. The van der Waals surface area contributed by atoms with E-state index in [1.807, 2.05) is 0 Å². The molecular weight excluding hydrogens is 355 g/mol. The molecule has 0 aliphatic carbocycles. The van der Waals surface area contributed by atoms with Crippen LogP contribution < -0.4 is 10.2 Å². The van der Waals surface area contributed by atoms with Crippen molar-refractivity contribution in [3.63, 3.8) is 0 Å². The normalized spacial score (nSPS) is 26.4. The number of hydrogen-bond donors (Lipinski definition) is 0. The molecule has 2 atom stereocenters. The number of hydrogen-bond acceptors (Lipinski definition) is 4. The van der Waals surface area contributed by atoms with Crippen LogP contribution in [0.1, 0.15) is 59.9 Å². The summed E-state index contributed by atoms with van der Waals surface area (Å²) in [6.45, 7) is 20.2. The third-order valence-corrected chi connectivity index (χ3v) is 6.93. The second-order valence-corrected chi connectivity index (χ2v) is 12.7. The van der Waals surface area contributed by atoms with Gasteiger partial charge in [-0.3, -0.25) is 0 Å². The molecule has 0 aromatic heterocycles. The zero-order valence-electron chi connectivity index (χ0n) is 18.4. The number of ether oxygens (including phenoxy) is 1. The lowest BCUT2D eigenvalue weighted by atomic mass is 9.71. The van der Waals surface area contributed by atoms with E-state index in [4.69, 9.17) is 18.5 Å². The molecule has 4 nitrogen and oxygen atoms in total. The minimum atomic E-state index is -1.08. The SMILES string of the molecule is C[SiH](C)OCC1Oc2ccc(B3OC(C)(C)C(C)(C)O3)cc2C1C(C)(C)C. The molecule has 1 aromatic carbocycles. The molecule has 2 aliphatic rings. The van der Waals surface area contributed by atoms with Crippen LogP contribution in [0.4, 0.5) is 0 Å². The van der Waals surface area contributed by atoms with Crippen LogP contribution in [0.3, 0.4) is 0 Å². The van der Waals surface area contributed by atoms with Gasteiger partial charge in [0.1, 0.15) is 11.9 Å². The first-order valence-electron chi connectivity index (χ1n) is 10.1. The van der Waals surface area contributed by atoms with Crippen LogP contribution in [0, 0.1) is 5.41 Å². The van der Waals surface area contributed by atoms with Crippen molar-refractivity contribution in [2.45, 2.75) is 84.8 Å². The van der Waals surface area contributed by atoms with E-state index in [0.29, 0.717) is 6.61 Å². The molecule has 0 amide bonds. The van der Waals surface area contributed by atoms with Crippen molar-refractivity contribution in [2.24, 2.45) is 5.41 Å². The minimum Gasteiger partial charge on any atom is -0.487 e. The van der Waals surface area contributed by atoms with Crippen molar-refractivity contribution in [3.05, 3.63) is 23.8 Å². The fraction of sp³-hybridized carbons (Fsp3) is 0.714. The average molecular weight is 390 g/mol. The van der Waals surface area contributed by atoms with E-state index in [9.17, 15) is 0 Å². The van der Waals surface area contributed by atoms with E-state index in [0.717, 1.165) is 11.2 Å². The molecule has 0 spiro atoms. The lowest BCUT2D eigenvalue weighted by Crippen LogP contribution is -2.41. The van der Waals surface area contributed by atoms with Crippen LogP contribution in [0.25, 0.3) is 0 Å². The van der Waals surface area contributed by atoms with Crippen LogP contribution in [-0.2, 0) is 13.7 Å². The molecule has 1 fully saturated rings. The van der Waals surface area contributed by atoms with Gasteiger partial charge < -0.3 is 18.5 Å². The maximum absolute atomic E-state index is 6.31. The lowest BCUT2D eigenvalue weighted by Gasteiger charge is -2.32. The van der Waals surface area contributed by atoms with Gasteiger partial charge in [0.2, 0.25) is 0 Å². The Morgan fingerprint density at radius 2 is 1.67 bits per heavy atom. The predicted octanol–water partition coefficient (Wildman–Crippen LogP) is 3.88. The third-order valence-electron chi connectivity index (χ3n) is 6.07. The zero-order valence-corrected chi connectivity index (χ0v) is 19.5. The molecule has 27 heavy (non-hydrogen) atoms.